The van der Waals surface area contributed by atoms with Crippen LogP contribution in [0, 0.1) is 0 Å². The van der Waals surface area contributed by atoms with Crippen LogP contribution >= 0.6 is 0 Å². The van der Waals surface area contributed by atoms with Crippen molar-refractivity contribution in [2.75, 3.05) is 19.7 Å². The number of nitrogens with zero attached hydrogens (tertiary/aromatic N) is 1. The molecular formula is C10H17F3N2O2. The zero-order valence-corrected chi connectivity index (χ0v) is 9.63. The quantitative estimate of drug-likeness (QED) is 0.726. The predicted molar refractivity (Wildman–Crippen MR) is 55.3 cm³/mol. The van der Waals surface area contributed by atoms with Gasteiger partial charge < -0.3 is 10.4 Å². The highest BCUT2D eigenvalue weighted by Gasteiger charge is 2.35. The van der Waals surface area contributed by atoms with Crippen LogP contribution in [-0.2, 0) is 4.79 Å². The Hall–Kier alpha value is -0.820. The van der Waals surface area contributed by atoms with Crippen LogP contribution in [0.5, 0.6) is 0 Å². The highest BCUT2D eigenvalue weighted by molar-refractivity contribution is 5.81. The number of carbonyl (C=O) groups excluding carboxylic acids is 1. The first-order valence-corrected chi connectivity index (χ1v) is 5.55. The average Bonchev–Trinajstić information content (AvgIpc) is 2.97. The summed E-state index contributed by atoms with van der Waals surface area (Å²) in [5.74, 6) is -0.412. The Balaban J connectivity index is 2.51. The number of amides is 1. The van der Waals surface area contributed by atoms with Gasteiger partial charge in [0.25, 0.3) is 0 Å². The van der Waals surface area contributed by atoms with E-state index in [0.717, 1.165) is 17.7 Å². The summed E-state index contributed by atoms with van der Waals surface area (Å²) >= 11 is 0. The van der Waals surface area contributed by atoms with Crippen LogP contribution in [0.3, 0.4) is 0 Å². The van der Waals surface area contributed by atoms with E-state index < -0.39 is 31.3 Å². The summed E-state index contributed by atoms with van der Waals surface area (Å²) in [4.78, 5) is 12.5. The van der Waals surface area contributed by atoms with E-state index in [4.69, 9.17) is 5.11 Å². The summed E-state index contributed by atoms with van der Waals surface area (Å²) in [6.45, 7) is -0.345. The Morgan fingerprint density at radius 2 is 2.12 bits per heavy atom. The predicted octanol–water partition coefficient (Wildman–Crippen LogP) is 0.510. The highest BCUT2D eigenvalue weighted by atomic mass is 19.4. The Morgan fingerprint density at radius 3 is 2.53 bits per heavy atom. The lowest BCUT2D eigenvalue weighted by atomic mass is 10.2. The fourth-order valence-electron chi connectivity index (χ4n) is 1.48. The van der Waals surface area contributed by atoms with Gasteiger partial charge in [-0.15, -0.1) is 0 Å². The van der Waals surface area contributed by atoms with Gasteiger partial charge in [0.15, 0.2) is 0 Å². The molecule has 0 heterocycles. The van der Waals surface area contributed by atoms with Crippen molar-refractivity contribution >= 4 is 5.91 Å². The van der Waals surface area contributed by atoms with Crippen molar-refractivity contribution < 1.29 is 23.1 Å². The Bertz CT molecular complexity index is 267. The van der Waals surface area contributed by atoms with Gasteiger partial charge in [0, 0.05) is 12.6 Å². The van der Waals surface area contributed by atoms with Crippen LogP contribution in [0.1, 0.15) is 19.8 Å². The molecule has 1 amide bonds. The molecule has 7 heteroatoms. The summed E-state index contributed by atoms with van der Waals surface area (Å²) in [6.07, 6.45) is -2.60. The maximum Gasteiger partial charge on any atom is 0.401 e. The van der Waals surface area contributed by atoms with Crippen molar-refractivity contribution in [1.82, 2.24) is 10.2 Å². The Morgan fingerprint density at radius 1 is 1.53 bits per heavy atom. The summed E-state index contributed by atoms with van der Waals surface area (Å²) in [5.41, 5.74) is 0. The van der Waals surface area contributed by atoms with Gasteiger partial charge in [-0.1, -0.05) is 0 Å². The third-order valence-electron chi connectivity index (χ3n) is 2.62. The molecule has 0 aromatic rings. The molecule has 17 heavy (non-hydrogen) atoms. The molecule has 0 aliphatic heterocycles. The van der Waals surface area contributed by atoms with Crippen molar-refractivity contribution in [3.05, 3.63) is 0 Å². The zero-order valence-electron chi connectivity index (χ0n) is 9.63. The number of nitrogens with one attached hydrogen (secondary N) is 1. The molecule has 1 aliphatic carbocycles. The summed E-state index contributed by atoms with van der Waals surface area (Å²) in [7, 11) is 0. The minimum Gasteiger partial charge on any atom is -0.395 e. The van der Waals surface area contributed by atoms with E-state index in [2.05, 4.69) is 5.32 Å². The molecule has 1 rings (SSSR count). The maximum absolute atomic E-state index is 12.3. The molecule has 0 saturated heterocycles. The lowest BCUT2D eigenvalue weighted by molar-refractivity contribution is -0.155. The monoisotopic (exact) mass is 254 g/mol. The number of halogens is 3. The Labute approximate surface area is 97.8 Å². The van der Waals surface area contributed by atoms with Gasteiger partial charge in [0.2, 0.25) is 5.91 Å². The topological polar surface area (TPSA) is 52.6 Å². The normalized spacial score (nSPS) is 18.2. The van der Waals surface area contributed by atoms with Crippen LogP contribution in [-0.4, -0.2) is 53.9 Å². The summed E-state index contributed by atoms with van der Waals surface area (Å²) in [6, 6.07) is -0.767. The van der Waals surface area contributed by atoms with Crippen LogP contribution in [0.4, 0.5) is 13.2 Å². The lowest BCUT2D eigenvalue weighted by Crippen LogP contribution is -2.49. The van der Waals surface area contributed by atoms with Gasteiger partial charge in [-0.05, 0) is 19.8 Å². The number of alkyl halides is 3. The molecule has 0 aromatic carbocycles. The molecular weight excluding hydrogens is 237 g/mol. The third kappa shape index (κ3) is 5.36. The van der Waals surface area contributed by atoms with Gasteiger partial charge in [0.1, 0.15) is 0 Å². The van der Waals surface area contributed by atoms with E-state index in [0.29, 0.717) is 0 Å². The van der Waals surface area contributed by atoms with Crippen molar-refractivity contribution in [3.8, 4) is 0 Å². The van der Waals surface area contributed by atoms with E-state index in [-0.39, 0.29) is 12.6 Å². The lowest BCUT2D eigenvalue weighted by Gasteiger charge is -2.28. The molecule has 0 bridgehead atoms. The van der Waals surface area contributed by atoms with Gasteiger partial charge in [0.05, 0.1) is 19.2 Å². The van der Waals surface area contributed by atoms with Crippen LogP contribution in [0.25, 0.3) is 0 Å². The van der Waals surface area contributed by atoms with Crippen LogP contribution in [0.15, 0.2) is 0 Å². The standard InChI is InChI=1S/C10H17F3N2O2/c1-7(9(17)14-8-2-3-8)15(4-5-16)6-10(11,12)13/h7-8,16H,2-6H2,1H3,(H,14,17). The molecule has 100 valence electrons. The molecule has 1 unspecified atom stereocenters. The number of carbonyl (C=O) groups is 1. The van der Waals surface area contributed by atoms with Crippen molar-refractivity contribution in [1.29, 1.82) is 0 Å². The number of rotatable bonds is 6. The molecule has 0 aromatic heterocycles. The first kappa shape index (κ1) is 14.2. The minimum absolute atomic E-state index is 0.117. The second-order valence-electron chi connectivity index (χ2n) is 4.27. The fourth-order valence-corrected chi connectivity index (χ4v) is 1.48. The van der Waals surface area contributed by atoms with Gasteiger partial charge in [-0.3, -0.25) is 9.69 Å². The van der Waals surface area contributed by atoms with E-state index in [1.165, 1.54) is 6.92 Å². The second kappa shape index (κ2) is 5.68. The number of hydrogen-bond donors (Lipinski definition) is 2. The maximum atomic E-state index is 12.3. The first-order valence-electron chi connectivity index (χ1n) is 5.55. The zero-order chi connectivity index (χ0) is 13.1. The number of aliphatic hydroxyl groups excluding tert-OH is 1. The van der Waals surface area contributed by atoms with Crippen LogP contribution in [0.2, 0.25) is 0 Å². The average molecular weight is 254 g/mol. The molecule has 1 saturated carbocycles. The number of hydrogen-bond acceptors (Lipinski definition) is 3. The molecule has 1 atom stereocenters. The van der Waals surface area contributed by atoms with E-state index in [9.17, 15) is 18.0 Å². The summed E-state index contributed by atoms with van der Waals surface area (Å²) < 4.78 is 36.8. The van der Waals surface area contributed by atoms with Crippen LogP contribution < -0.4 is 5.32 Å². The van der Waals surface area contributed by atoms with Gasteiger partial charge >= 0.3 is 6.18 Å². The fraction of sp³-hybridized carbons (Fsp3) is 0.900. The minimum atomic E-state index is -4.37. The van der Waals surface area contributed by atoms with E-state index in [1.807, 2.05) is 0 Å². The molecule has 1 aliphatic rings. The SMILES string of the molecule is CC(C(=O)NC1CC1)N(CCO)CC(F)(F)F. The van der Waals surface area contributed by atoms with Gasteiger partial charge in [-0.2, -0.15) is 13.2 Å². The van der Waals surface area contributed by atoms with Crippen molar-refractivity contribution in [2.45, 2.75) is 38.0 Å². The van der Waals surface area contributed by atoms with Crippen molar-refractivity contribution in [3.63, 3.8) is 0 Å². The summed E-state index contributed by atoms with van der Waals surface area (Å²) in [5, 5.41) is 11.4. The van der Waals surface area contributed by atoms with E-state index >= 15 is 0 Å². The smallest absolute Gasteiger partial charge is 0.395 e. The molecule has 4 nitrogen and oxygen atoms in total. The molecule has 0 spiro atoms. The number of aliphatic hydroxyl groups is 1. The Kier molecular flexibility index (Phi) is 4.76. The van der Waals surface area contributed by atoms with Crippen molar-refractivity contribution in [2.24, 2.45) is 0 Å². The largest absolute Gasteiger partial charge is 0.401 e. The first-order chi connectivity index (χ1) is 7.83. The molecule has 1 fully saturated rings. The highest BCUT2D eigenvalue weighted by Crippen LogP contribution is 2.20. The van der Waals surface area contributed by atoms with Gasteiger partial charge in [-0.25, -0.2) is 0 Å². The molecule has 2 N–H and O–H groups in total. The third-order valence-corrected chi connectivity index (χ3v) is 2.62. The second-order valence-corrected chi connectivity index (χ2v) is 4.27. The van der Waals surface area contributed by atoms with E-state index in [1.54, 1.807) is 0 Å². The molecule has 0 radical (unpaired) electrons.